The minimum Gasteiger partial charge on any atom is -0.381 e. The zero-order valence-electron chi connectivity index (χ0n) is 13.9. The lowest BCUT2D eigenvalue weighted by atomic mass is 10.1. The number of amides is 1. The third kappa shape index (κ3) is 3.32. The molecule has 2 aromatic rings. The SMILES string of the molecule is O=C(c1cc2ccccn2c1)N1CCC(OCC2CCOC2)CC1. The predicted molar refractivity (Wildman–Crippen MR) is 91.2 cm³/mol. The first-order chi connectivity index (χ1) is 11.8. The smallest absolute Gasteiger partial charge is 0.255 e. The second-order valence-corrected chi connectivity index (χ2v) is 6.82. The number of fused-ring (bicyclic) bond motifs is 1. The largest absolute Gasteiger partial charge is 0.381 e. The lowest BCUT2D eigenvalue weighted by Crippen LogP contribution is -2.41. The number of likely N-dealkylation sites (tertiary alicyclic amines) is 1. The van der Waals surface area contributed by atoms with Gasteiger partial charge in [-0.3, -0.25) is 4.79 Å². The molecule has 24 heavy (non-hydrogen) atoms. The maximum atomic E-state index is 12.7. The number of aromatic nitrogens is 1. The van der Waals surface area contributed by atoms with E-state index in [0.29, 0.717) is 5.92 Å². The summed E-state index contributed by atoms with van der Waals surface area (Å²) >= 11 is 0. The highest BCUT2D eigenvalue weighted by atomic mass is 16.5. The summed E-state index contributed by atoms with van der Waals surface area (Å²) in [5, 5.41) is 0. The van der Waals surface area contributed by atoms with Crippen LogP contribution in [0.15, 0.2) is 36.7 Å². The monoisotopic (exact) mass is 328 g/mol. The van der Waals surface area contributed by atoms with E-state index in [1.54, 1.807) is 0 Å². The molecule has 128 valence electrons. The van der Waals surface area contributed by atoms with Crippen LogP contribution in [-0.4, -0.2) is 54.2 Å². The highest BCUT2D eigenvalue weighted by Crippen LogP contribution is 2.20. The molecule has 4 heterocycles. The van der Waals surface area contributed by atoms with Crippen molar-refractivity contribution in [1.29, 1.82) is 0 Å². The van der Waals surface area contributed by atoms with Crippen LogP contribution in [0.1, 0.15) is 29.6 Å². The van der Waals surface area contributed by atoms with Gasteiger partial charge in [-0.1, -0.05) is 6.07 Å². The van der Waals surface area contributed by atoms with E-state index in [0.717, 1.165) is 63.3 Å². The van der Waals surface area contributed by atoms with Gasteiger partial charge < -0.3 is 18.8 Å². The van der Waals surface area contributed by atoms with E-state index in [-0.39, 0.29) is 12.0 Å². The lowest BCUT2D eigenvalue weighted by molar-refractivity contribution is -0.00793. The molecule has 0 saturated carbocycles. The summed E-state index contributed by atoms with van der Waals surface area (Å²) in [6, 6.07) is 7.94. The fourth-order valence-electron chi connectivity index (χ4n) is 3.57. The first kappa shape index (κ1) is 15.7. The van der Waals surface area contributed by atoms with E-state index in [1.807, 2.05) is 46.0 Å². The Hall–Kier alpha value is -1.85. The molecule has 0 aromatic carbocycles. The van der Waals surface area contributed by atoms with E-state index in [2.05, 4.69) is 0 Å². The molecule has 2 aliphatic heterocycles. The molecule has 4 rings (SSSR count). The fourth-order valence-corrected chi connectivity index (χ4v) is 3.57. The van der Waals surface area contributed by atoms with Gasteiger partial charge in [-0.05, 0) is 37.5 Å². The Bertz CT molecular complexity index is 664. The van der Waals surface area contributed by atoms with E-state index >= 15 is 0 Å². The average molecular weight is 328 g/mol. The number of nitrogens with zero attached hydrogens (tertiary/aromatic N) is 2. The molecule has 0 radical (unpaired) electrons. The zero-order chi connectivity index (χ0) is 16.4. The molecule has 0 bridgehead atoms. The van der Waals surface area contributed by atoms with Crippen LogP contribution >= 0.6 is 0 Å². The summed E-state index contributed by atoms with van der Waals surface area (Å²) < 4.78 is 13.4. The number of hydrogen-bond donors (Lipinski definition) is 0. The van der Waals surface area contributed by atoms with E-state index < -0.39 is 0 Å². The van der Waals surface area contributed by atoms with E-state index in [9.17, 15) is 4.79 Å². The van der Waals surface area contributed by atoms with Crippen molar-refractivity contribution in [3.05, 3.63) is 42.2 Å². The minimum absolute atomic E-state index is 0.126. The van der Waals surface area contributed by atoms with Crippen LogP contribution in [0.2, 0.25) is 0 Å². The van der Waals surface area contributed by atoms with Gasteiger partial charge in [0.25, 0.3) is 5.91 Å². The number of carbonyl (C=O) groups excluding carboxylic acids is 1. The third-order valence-electron chi connectivity index (χ3n) is 5.07. The van der Waals surface area contributed by atoms with Gasteiger partial charge in [0.1, 0.15) is 0 Å². The highest BCUT2D eigenvalue weighted by Gasteiger charge is 2.26. The second kappa shape index (κ2) is 6.95. The second-order valence-electron chi connectivity index (χ2n) is 6.82. The van der Waals surface area contributed by atoms with Crippen LogP contribution in [-0.2, 0) is 9.47 Å². The quantitative estimate of drug-likeness (QED) is 0.866. The van der Waals surface area contributed by atoms with Crippen LogP contribution in [0.3, 0.4) is 0 Å². The van der Waals surface area contributed by atoms with Crippen molar-refractivity contribution >= 4 is 11.4 Å². The summed E-state index contributed by atoms with van der Waals surface area (Å²) in [6.07, 6.45) is 7.13. The number of ether oxygens (including phenoxy) is 2. The molecule has 0 spiro atoms. The molecule has 2 aliphatic rings. The predicted octanol–water partition coefficient (Wildman–Crippen LogP) is 2.60. The van der Waals surface area contributed by atoms with Gasteiger partial charge in [-0.25, -0.2) is 0 Å². The van der Waals surface area contributed by atoms with Crippen molar-refractivity contribution in [1.82, 2.24) is 9.30 Å². The molecule has 5 heteroatoms. The summed E-state index contributed by atoms with van der Waals surface area (Å²) in [5.74, 6) is 0.680. The van der Waals surface area contributed by atoms with Crippen LogP contribution in [0.4, 0.5) is 0 Å². The molecule has 2 aromatic heterocycles. The van der Waals surface area contributed by atoms with Crippen LogP contribution in [0.25, 0.3) is 5.52 Å². The van der Waals surface area contributed by atoms with Gasteiger partial charge in [-0.2, -0.15) is 0 Å². The Labute approximate surface area is 142 Å². The van der Waals surface area contributed by atoms with E-state index in [4.69, 9.17) is 9.47 Å². The van der Waals surface area contributed by atoms with Gasteiger partial charge in [0.05, 0.1) is 24.9 Å². The zero-order valence-corrected chi connectivity index (χ0v) is 13.9. The highest BCUT2D eigenvalue weighted by molar-refractivity contribution is 5.95. The normalized spacial score (nSPS) is 22.3. The van der Waals surface area contributed by atoms with Gasteiger partial charge >= 0.3 is 0 Å². The Morgan fingerprint density at radius 3 is 2.88 bits per heavy atom. The van der Waals surface area contributed by atoms with Crippen molar-refractivity contribution in [2.75, 3.05) is 32.9 Å². The number of pyridine rings is 1. The summed E-state index contributed by atoms with van der Waals surface area (Å²) in [6.45, 7) is 4.05. The summed E-state index contributed by atoms with van der Waals surface area (Å²) in [5.41, 5.74) is 1.82. The van der Waals surface area contributed by atoms with Gasteiger partial charge in [0.15, 0.2) is 0 Å². The van der Waals surface area contributed by atoms with Crippen molar-refractivity contribution in [3.63, 3.8) is 0 Å². The standard InChI is InChI=1S/C19H24N2O3/c22-19(16-11-17-3-1-2-7-21(17)12-16)20-8-4-18(5-9-20)24-14-15-6-10-23-13-15/h1-3,7,11-12,15,18H,4-6,8-10,13-14H2. The van der Waals surface area contributed by atoms with E-state index in [1.165, 1.54) is 0 Å². The number of piperidine rings is 1. The molecule has 5 nitrogen and oxygen atoms in total. The maximum absolute atomic E-state index is 12.7. The summed E-state index contributed by atoms with van der Waals surface area (Å²) in [7, 11) is 0. The molecular formula is C19H24N2O3. The van der Waals surface area contributed by atoms with Crippen LogP contribution < -0.4 is 0 Å². The first-order valence-corrected chi connectivity index (χ1v) is 8.85. The van der Waals surface area contributed by atoms with Crippen molar-refractivity contribution in [2.45, 2.75) is 25.4 Å². The van der Waals surface area contributed by atoms with Crippen molar-refractivity contribution in [3.8, 4) is 0 Å². The number of carbonyl (C=O) groups is 1. The van der Waals surface area contributed by atoms with Crippen molar-refractivity contribution in [2.24, 2.45) is 5.92 Å². The topological polar surface area (TPSA) is 43.2 Å². The summed E-state index contributed by atoms with van der Waals surface area (Å²) in [4.78, 5) is 14.6. The van der Waals surface area contributed by atoms with Crippen LogP contribution in [0, 0.1) is 5.92 Å². The van der Waals surface area contributed by atoms with Gasteiger partial charge in [0.2, 0.25) is 0 Å². The molecule has 2 fully saturated rings. The van der Waals surface area contributed by atoms with Gasteiger partial charge in [-0.15, -0.1) is 0 Å². The van der Waals surface area contributed by atoms with Gasteiger partial charge in [0, 0.05) is 43.5 Å². The third-order valence-corrected chi connectivity index (χ3v) is 5.07. The average Bonchev–Trinajstić information content (AvgIpc) is 3.29. The molecular weight excluding hydrogens is 304 g/mol. The molecule has 1 unspecified atom stereocenters. The Morgan fingerprint density at radius 1 is 1.25 bits per heavy atom. The first-order valence-electron chi connectivity index (χ1n) is 8.85. The number of rotatable bonds is 4. The maximum Gasteiger partial charge on any atom is 0.255 e. The fraction of sp³-hybridized carbons (Fsp3) is 0.526. The molecule has 1 amide bonds. The molecule has 2 saturated heterocycles. The number of hydrogen-bond acceptors (Lipinski definition) is 3. The lowest BCUT2D eigenvalue weighted by Gasteiger charge is -2.32. The molecule has 0 aliphatic carbocycles. The minimum atomic E-state index is 0.126. The van der Waals surface area contributed by atoms with Crippen LogP contribution in [0.5, 0.6) is 0 Å². The van der Waals surface area contributed by atoms with Crippen molar-refractivity contribution < 1.29 is 14.3 Å². The Balaban J connectivity index is 1.30. The molecule has 0 N–H and O–H groups in total. The molecule has 1 atom stereocenters. The Morgan fingerprint density at radius 2 is 2.12 bits per heavy atom. The Kier molecular flexibility index (Phi) is 4.54.